The van der Waals surface area contributed by atoms with E-state index in [1.165, 1.54) is 0 Å². The van der Waals surface area contributed by atoms with Gasteiger partial charge in [-0.3, -0.25) is 0 Å². The molecule has 0 bridgehead atoms. The highest BCUT2D eigenvalue weighted by Crippen LogP contribution is 2.04. The van der Waals surface area contributed by atoms with Gasteiger partial charge in [-0.05, 0) is 6.92 Å². The Balaban J connectivity index is 3.15. The van der Waals surface area contributed by atoms with Gasteiger partial charge < -0.3 is 0 Å². The molecule has 1 aromatic rings. The number of nitrogens with one attached hydrogen (secondary N) is 1. The fraction of sp³-hybridized carbons (Fsp3) is 0.143. The van der Waals surface area contributed by atoms with Crippen molar-refractivity contribution in [1.82, 2.24) is 0 Å². The van der Waals surface area contributed by atoms with Crippen LogP contribution in [0, 0.1) is 11.8 Å². The zero-order chi connectivity index (χ0) is 6.69. The molecular formula is C7H8NO+. The number of rotatable bonds is 1. The third kappa shape index (κ3) is 1.13. The summed E-state index contributed by atoms with van der Waals surface area (Å²) in [5.41, 5.74) is 1.63. The molecule has 0 unspecified atom stereocenters. The molecule has 0 aromatic heterocycles. The highest BCUT2D eigenvalue weighted by molar-refractivity contribution is 5.36. The molecule has 0 aliphatic heterocycles. The van der Waals surface area contributed by atoms with Gasteiger partial charge in [0.05, 0.1) is 0 Å². The number of hydrogen-bond donors (Lipinski definition) is 1. The summed E-state index contributed by atoms with van der Waals surface area (Å²) in [5.74, 6) is 0. The van der Waals surface area contributed by atoms with E-state index in [-0.39, 0.29) is 0 Å². The lowest BCUT2D eigenvalue weighted by Crippen LogP contribution is -2.56. The van der Waals surface area contributed by atoms with Gasteiger partial charge in [0.2, 0.25) is 0 Å². The summed E-state index contributed by atoms with van der Waals surface area (Å²) in [4.78, 5) is 10.1. The Bertz CT molecular complexity index is 220. The van der Waals surface area contributed by atoms with Crippen LogP contribution in [0.4, 0.5) is 5.69 Å². The van der Waals surface area contributed by atoms with Crippen LogP contribution in [0.5, 0.6) is 0 Å². The molecule has 1 N–H and O–H groups in total. The zero-order valence-electron chi connectivity index (χ0n) is 5.22. The summed E-state index contributed by atoms with van der Waals surface area (Å²) in [6, 6.07) is 7.37. The molecule has 1 aromatic carbocycles. The van der Waals surface area contributed by atoms with E-state index in [0.29, 0.717) is 5.69 Å². The molecule has 46 valence electrons. The summed E-state index contributed by atoms with van der Waals surface area (Å²) in [7, 11) is 0. The van der Waals surface area contributed by atoms with E-state index in [9.17, 15) is 4.91 Å². The van der Waals surface area contributed by atoms with Crippen LogP contribution in [-0.2, 0) is 0 Å². The van der Waals surface area contributed by atoms with Gasteiger partial charge >= 0.3 is 0 Å². The number of hydrogen-bond acceptors (Lipinski definition) is 1. The standard InChI is InChI=1S/C7H7NO/c1-6-4-2-3-5-7(6)8-9/h2-5H,1H3/p+1. The summed E-state index contributed by atoms with van der Waals surface area (Å²) in [6.45, 7) is 1.89. The first-order chi connectivity index (χ1) is 4.34. The molecule has 0 saturated heterocycles. The van der Waals surface area contributed by atoms with E-state index < -0.39 is 0 Å². The summed E-state index contributed by atoms with van der Waals surface area (Å²) >= 11 is 0. The number of aryl methyl sites for hydroxylation is 1. The molecule has 0 radical (unpaired) electrons. The highest BCUT2D eigenvalue weighted by atomic mass is 16.3. The van der Waals surface area contributed by atoms with Crippen LogP contribution in [-0.4, -0.2) is 0 Å². The minimum absolute atomic E-state index is 0.650. The Morgan fingerprint density at radius 1 is 1.33 bits per heavy atom. The van der Waals surface area contributed by atoms with Crippen molar-refractivity contribution in [3.05, 3.63) is 34.7 Å². The predicted octanol–water partition coefficient (Wildman–Crippen LogP) is 0.474. The molecule has 0 heterocycles. The zero-order valence-corrected chi connectivity index (χ0v) is 5.22. The van der Waals surface area contributed by atoms with Crippen molar-refractivity contribution in [3.8, 4) is 0 Å². The molecule has 0 fully saturated rings. The molecule has 2 heteroatoms. The lowest BCUT2D eigenvalue weighted by molar-refractivity contribution is -0.380. The summed E-state index contributed by atoms with van der Waals surface area (Å²) < 4.78 is 0. The predicted molar refractivity (Wildman–Crippen MR) is 35.2 cm³/mol. The second-order valence-corrected chi connectivity index (χ2v) is 1.92. The molecule has 1 rings (SSSR count). The molecule has 0 atom stereocenters. The van der Waals surface area contributed by atoms with Gasteiger partial charge in [-0.2, -0.15) is 0 Å². The van der Waals surface area contributed by atoms with Crippen LogP contribution in [0.25, 0.3) is 0 Å². The third-order valence-electron chi connectivity index (χ3n) is 1.26. The Hall–Kier alpha value is -1.18. The highest BCUT2D eigenvalue weighted by Gasteiger charge is 1.98. The first kappa shape index (κ1) is 5.95. The maximum absolute atomic E-state index is 10.1. The smallest absolute Gasteiger partial charge is 0.0615 e. The minimum Gasteiger partial charge on any atom is -0.0615 e. The normalized spacial score (nSPS) is 9.00. The lowest BCUT2D eigenvalue weighted by Gasteiger charge is -1.85. The summed E-state index contributed by atoms with van der Waals surface area (Å²) in [5, 5.41) is 1.85. The second-order valence-electron chi connectivity index (χ2n) is 1.92. The van der Waals surface area contributed by atoms with E-state index in [1.54, 1.807) is 6.07 Å². The SMILES string of the molecule is Cc1ccccc1[NH+]=O. The average Bonchev–Trinajstić information content (AvgIpc) is 1.89. The van der Waals surface area contributed by atoms with Crippen LogP contribution < -0.4 is 5.18 Å². The maximum atomic E-state index is 10.1. The van der Waals surface area contributed by atoms with Gasteiger partial charge in [-0.1, -0.05) is 18.2 Å². The van der Waals surface area contributed by atoms with Crippen molar-refractivity contribution < 1.29 is 5.18 Å². The molecule has 9 heavy (non-hydrogen) atoms. The van der Waals surface area contributed by atoms with E-state index in [4.69, 9.17) is 0 Å². The topological polar surface area (TPSA) is 31.0 Å². The van der Waals surface area contributed by atoms with E-state index in [1.807, 2.05) is 30.3 Å². The largest absolute Gasteiger partial charge is 0.256 e. The first-order valence-corrected chi connectivity index (χ1v) is 2.78. The van der Waals surface area contributed by atoms with E-state index in [2.05, 4.69) is 0 Å². The average molecular weight is 122 g/mol. The monoisotopic (exact) mass is 122 g/mol. The molecule has 2 nitrogen and oxygen atoms in total. The van der Waals surface area contributed by atoms with E-state index >= 15 is 0 Å². The Labute approximate surface area is 53.5 Å². The fourth-order valence-corrected chi connectivity index (χ4v) is 0.687. The quantitative estimate of drug-likeness (QED) is 0.577. The van der Waals surface area contributed by atoms with Crippen LogP contribution in [0.2, 0.25) is 0 Å². The van der Waals surface area contributed by atoms with Crippen LogP contribution in [0.3, 0.4) is 0 Å². The Morgan fingerprint density at radius 3 is 2.44 bits per heavy atom. The first-order valence-electron chi connectivity index (χ1n) is 2.78. The van der Waals surface area contributed by atoms with Crippen LogP contribution in [0.1, 0.15) is 5.56 Å². The van der Waals surface area contributed by atoms with Gasteiger partial charge in [0, 0.05) is 21.7 Å². The van der Waals surface area contributed by atoms with Crippen molar-refractivity contribution in [1.29, 1.82) is 0 Å². The van der Waals surface area contributed by atoms with Gasteiger partial charge in [-0.15, -0.1) is 0 Å². The van der Waals surface area contributed by atoms with Gasteiger partial charge in [0.15, 0.2) is 0 Å². The van der Waals surface area contributed by atoms with Crippen LogP contribution >= 0.6 is 0 Å². The van der Waals surface area contributed by atoms with Crippen molar-refractivity contribution in [2.75, 3.05) is 0 Å². The molecule has 0 spiro atoms. The van der Waals surface area contributed by atoms with Gasteiger partial charge in [0.1, 0.15) is 0 Å². The van der Waals surface area contributed by atoms with Crippen molar-refractivity contribution in [3.63, 3.8) is 0 Å². The van der Waals surface area contributed by atoms with Crippen molar-refractivity contribution in [2.45, 2.75) is 6.92 Å². The van der Waals surface area contributed by atoms with Gasteiger partial charge in [0.25, 0.3) is 5.69 Å². The van der Waals surface area contributed by atoms with E-state index in [0.717, 1.165) is 5.56 Å². The number of nitroso groups, excluding NO2 is 1. The number of benzene rings is 1. The molecule has 0 aliphatic rings. The third-order valence-corrected chi connectivity index (χ3v) is 1.26. The fourth-order valence-electron chi connectivity index (χ4n) is 0.687. The van der Waals surface area contributed by atoms with Gasteiger partial charge in [-0.25, -0.2) is 0 Å². The second kappa shape index (κ2) is 2.40. The van der Waals surface area contributed by atoms with Crippen molar-refractivity contribution >= 4 is 5.69 Å². The number of para-hydroxylation sites is 1. The molecular weight excluding hydrogens is 114 g/mol. The van der Waals surface area contributed by atoms with Crippen LogP contribution in [0.15, 0.2) is 24.3 Å². The molecule has 0 saturated carbocycles. The maximum Gasteiger partial charge on any atom is 0.256 e. The Morgan fingerprint density at radius 2 is 2.00 bits per heavy atom. The minimum atomic E-state index is 0.650. The lowest BCUT2D eigenvalue weighted by atomic mass is 10.2. The Kier molecular flexibility index (Phi) is 1.58. The molecule has 0 aliphatic carbocycles. The summed E-state index contributed by atoms with van der Waals surface area (Å²) in [6.07, 6.45) is 0. The molecule has 0 amide bonds. The van der Waals surface area contributed by atoms with Crippen molar-refractivity contribution in [2.24, 2.45) is 0 Å².